The largest absolute Gasteiger partial charge is 0.367 e. The number of hydrogen-bond donors (Lipinski definition) is 2. The highest BCUT2D eigenvalue weighted by Crippen LogP contribution is 2.30. The lowest BCUT2D eigenvalue weighted by Gasteiger charge is -2.35. The molecule has 0 radical (unpaired) electrons. The van der Waals surface area contributed by atoms with Crippen molar-refractivity contribution in [1.29, 1.82) is 0 Å². The second kappa shape index (κ2) is 10.1. The number of piperidine rings is 2. The van der Waals surface area contributed by atoms with Gasteiger partial charge < -0.3 is 20.4 Å². The average Bonchev–Trinajstić information content (AvgIpc) is 2.98. The highest BCUT2D eigenvalue weighted by molar-refractivity contribution is 5.84. The molecule has 1 aromatic carbocycles. The molecule has 4 heterocycles. The van der Waals surface area contributed by atoms with E-state index in [4.69, 9.17) is 0 Å². The number of carbonyl (C=O) groups is 1. The summed E-state index contributed by atoms with van der Waals surface area (Å²) in [5.74, 6) is 1.93. The lowest BCUT2D eigenvalue weighted by Crippen LogP contribution is -2.49. The number of likely N-dealkylation sites (N-methyl/N-ethyl adjacent to an activating group) is 1. The Hall–Kier alpha value is -2.71. The van der Waals surface area contributed by atoms with Gasteiger partial charge in [0, 0.05) is 45.3 Å². The van der Waals surface area contributed by atoms with Crippen LogP contribution in [-0.2, 0) is 17.9 Å². The molecule has 1 unspecified atom stereocenters. The highest BCUT2D eigenvalue weighted by atomic mass is 16.2. The number of nitrogens with one attached hydrogen (secondary N) is 2. The number of rotatable bonds is 5. The van der Waals surface area contributed by atoms with E-state index in [1.54, 1.807) is 6.33 Å². The Morgan fingerprint density at radius 2 is 1.91 bits per heavy atom. The van der Waals surface area contributed by atoms with Crippen molar-refractivity contribution >= 4 is 17.5 Å². The molecule has 2 saturated heterocycles. The fourth-order valence-corrected chi connectivity index (χ4v) is 5.33. The molecule has 5 rings (SSSR count). The first-order valence-corrected chi connectivity index (χ1v) is 12.3. The van der Waals surface area contributed by atoms with Crippen LogP contribution in [0.25, 0.3) is 0 Å². The molecular weight excluding hydrogens is 414 g/mol. The topological polar surface area (TPSA) is 76.6 Å². The molecule has 1 amide bonds. The van der Waals surface area contributed by atoms with E-state index in [1.807, 2.05) is 16.8 Å². The lowest BCUT2D eigenvalue weighted by molar-refractivity contribution is -0.132. The molecule has 0 saturated carbocycles. The molecule has 0 bridgehead atoms. The summed E-state index contributed by atoms with van der Waals surface area (Å²) in [5.41, 5.74) is 2.41. The molecular formula is C25H35N7O. The summed E-state index contributed by atoms with van der Waals surface area (Å²) in [6, 6.07) is 11.3. The molecule has 2 aromatic rings. The number of benzene rings is 1. The minimum absolute atomic E-state index is 0.171. The van der Waals surface area contributed by atoms with E-state index in [9.17, 15) is 4.79 Å². The third-order valence-electron chi connectivity index (χ3n) is 7.19. The van der Waals surface area contributed by atoms with Crippen LogP contribution in [0.3, 0.4) is 0 Å². The molecule has 0 aliphatic carbocycles. The highest BCUT2D eigenvalue weighted by Gasteiger charge is 2.32. The summed E-state index contributed by atoms with van der Waals surface area (Å²) in [6.45, 7) is 5.97. The maximum absolute atomic E-state index is 13.1. The van der Waals surface area contributed by atoms with Gasteiger partial charge in [-0.1, -0.05) is 30.3 Å². The lowest BCUT2D eigenvalue weighted by atomic mass is 10.0. The van der Waals surface area contributed by atoms with Crippen LogP contribution in [0.4, 0.5) is 11.6 Å². The number of fused-ring (bicyclic) bond motifs is 1. The molecule has 3 aliphatic rings. The maximum atomic E-state index is 13.1. The molecule has 2 N–H and O–H groups in total. The molecule has 8 nitrogen and oxygen atoms in total. The van der Waals surface area contributed by atoms with Crippen LogP contribution in [0.2, 0.25) is 0 Å². The zero-order valence-electron chi connectivity index (χ0n) is 19.5. The zero-order chi connectivity index (χ0) is 22.6. The maximum Gasteiger partial charge on any atom is 0.242 e. The van der Waals surface area contributed by atoms with Crippen LogP contribution in [0, 0.1) is 0 Å². The van der Waals surface area contributed by atoms with Crippen molar-refractivity contribution in [2.45, 2.75) is 50.9 Å². The fraction of sp³-hybridized carbons (Fsp3) is 0.560. The Labute approximate surface area is 196 Å². The van der Waals surface area contributed by atoms with Gasteiger partial charge in [0.2, 0.25) is 5.91 Å². The number of likely N-dealkylation sites (tertiary alicyclic amines) is 1. The van der Waals surface area contributed by atoms with Gasteiger partial charge in [0.1, 0.15) is 18.0 Å². The monoisotopic (exact) mass is 449 g/mol. The molecule has 33 heavy (non-hydrogen) atoms. The van der Waals surface area contributed by atoms with Crippen molar-refractivity contribution in [2.24, 2.45) is 0 Å². The fourth-order valence-electron chi connectivity index (χ4n) is 5.33. The first-order chi connectivity index (χ1) is 16.2. The van der Waals surface area contributed by atoms with Gasteiger partial charge in [0.15, 0.2) is 0 Å². The van der Waals surface area contributed by atoms with Crippen LogP contribution in [0.1, 0.15) is 36.8 Å². The molecule has 8 heteroatoms. The van der Waals surface area contributed by atoms with Crippen LogP contribution in [0.5, 0.6) is 0 Å². The predicted octanol–water partition coefficient (Wildman–Crippen LogP) is 2.08. The van der Waals surface area contributed by atoms with Gasteiger partial charge in [-0.25, -0.2) is 9.97 Å². The molecule has 0 spiro atoms. The van der Waals surface area contributed by atoms with Gasteiger partial charge >= 0.3 is 0 Å². The Morgan fingerprint density at radius 3 is 2.67 bits per heavy atom. The Balaban J connectivity index is 1.27. The smallest absolute Gasteiger partial charge is 0.242 e. The summed E-state index contributed by atoms with van der Waals surface area (Å²) in [4.78, 5) is 28.8. The summed E-state index contributed by atoms with van der Waals surface area (Å²) in [6.07, 6.45) is 5.95. The van der Waals surface area contributed by atoms with Gasteiger partial charge in [-0.3, -0.25) is 9.69 Å². The zero-order valence-corrected chi connectivity index (χ0v) is 19.5. The van der Waals surface area contributed by atoms with Crippen LogP contribution in [-0.4, -0.2) is 77.5 Å². The second-order valence-electron chi connectivity index (χ2n) is 9.58. The van der Waals surface area contributed by atoms with Crippen molar-refractivity contribution in [3.63, 3.8) is 0 Å². The standard InChI is InChI=1S/C25H35N7O/c1-30-17-23(33)32(21-8-5-11-26-14-21)16-22-24(27-18-28-25(22)30)29-20-9-12-31(13-10-20)15-19-6-3-2-4-7-19/h2-4,6-7,18,20-21,26H,5,8-17H2,1H3,(H,27,28,29). The molecule has 1 atom stereocenters. The van der Waals surface area contributed by atoms with E-state index < -0.39 is 0 Å². The van der Waals surface area contributed by atoms with Gasteiger partial charge in [0.05, 0.1) is 18.7 Å². The summed E-state index contributed by atoms with van der Waals surface area (Å²) >= 11 is 0. The van der Waals surface area contributed by atoms with Crippen LogP contribution in [0.15, 0.2) is 36.7 Å². The first kappa shape index (κ1) is 22.1. The van der Waals surface area contributed by atoms with Gasteiger partial charge in [-0.05, 0) is 37.8 Å². The number of anilines is 2. The number of aromatic nitrogens is 2. The normalized spacial score (nSPS) is 22.7. The molecule has 3 aliphatic heterocycles. The van der Waals surface area contributed by atoms with Crippen LogP contribution < -0.4 is 15.5 Å². The summed E-state index contributed by atoms with van der Waals surface area (Å²) in [5, 5.41) is 7.17. The van der Waals surface area contributed by atoms with Crippen LogP contribution >= 0.6 is 0 Å². The molecule has 2 fully saturated rings. The Kier molecular flexibility index (Phi) is 6.73. The van der Waals surface area contributed by atoms with Gasteiger partial charge in [0.25, 0.3) is 0 Å². The minimum Gasteiger partial charge on any atom is -0.367 e. The Bertz CT molecular complexity index is 939. The van der Waals surface area contributed by atoms with E-state index >= 15 is 0 Å². The SMILES string of the molecule is CN1CC(=O)N(C2CCCNC2)Cc2c(NC3CCN(Cc4ccccc4)CC3)ncnc21. The van der Waals surface area contributed by atoms with E-state index in [1.165, 1.54) is 5.56 Å². The molecule has 1 aromatic heterocycles. The first-order valence-electron chi connectivity index (χ1n) is 12.3. The summed E-state index contributed by atoms with van der Waals surface area (Å²) in [7, 11) is 1.96. The van der Waals surface area contributed by atoms with Crippen molar-refractivity contribution in [1.82, 2.24) is 25.1 Å². The Morgan fingerprint density at radius 1 is 1.09 bits per heavy atom. The van der Waals surface area contributed by atoms with E-state index in [2.05, 4.69) is 55.8 Å². The van der Waals surface area contributed by atoms with Crippen molar-refractivity contribution in [3.8, 4) is 0 Å². The van der Waals surface area contributed by atoms with E-state index in [-0.39, 0.29) is 11.9 Å². The van der Waals surface area contributed by atoms with Crippen molar-refractivity contribution in [3.05, 3.63) is 47.8 Å². The number of carbonyl (C=O) groups excluding carboxylic acids is 1. The predicted molar refractivity (Wildman–Crippen MR) is 130 cm³/mol. The van der Waals surface area contributed by atoms with Crippen molar-refractivity contribution < 1.29 is 4.79 Å². The van der Waals surface area contributed by atoms with Gasteiger partial charge in [-0.15, -0.1) is 0 Å². The number of hydrogen-bond acceptors (Lipinski definition) is 7. The third kappa shape index (κ3) is 5.12. The second-order valence-corrected chi connectivity index (χ2v) is 9.58. The minimum atomic E-state index is 0.171. The quantitative estimate of drug-likeness (QED) is 0.724. The molecule has 176 valence electrons. The average molecular weight is 450 g/mol. The number of nitrogens with zero attached hydrogens (tertiary/aromatic N) is 5. The third-order valence-corrected chi connectivity index (χ3v) is 7.19. The summed E-state index contributed by atoms with van der Waals surface area (Å²) < 4.78 is 0. The van der Waals surface area contributed by atoms with E-state index in [0.29, 0.717) is 19.1 Å². The number of amides is 1. The van der Waals surface area contributed by atoms with Crippen molar-refractivity contribution in [2.75, 3.05) is 50.0 Å². The van der Waals surface area contributed by atoms with E-state index in [0.717, 1.165) is 75.6 Å². The van der Waals surface area contributed by atoms with Gasteiger partial charge in [-0.2, -0.15) is 0 Å².